The molecule has 92 valence electrons. The number of aliphatic carboxylic acids is 1. The van der Waals surface area contributed by atoms with Crippen LogP contribution < -0.4 is 0 Å². The lowest BCUT2D eigenvalue weighted by Crippen LogP contribution is -2.19. The summed E-state index contributed by atoms with van der Waals surface area (Å²) in [4.78, 5) is 15.5. The topological polar surface area (TPSA) is 55.1 Å². The van der Waals surface area contributed by atoms with E-state index in [4.69, 9.17) is 0 Å². The predicted octanol–water partition coefficient (Wildman–Crippen LogP) is 2.30. The lowest BCUT2D eigenvalue weighted by atomic mass is 9.96. The van der Waals surface area contributed by atoms with E-state index in [2.05, 4.69) is 4.98 Å². The van der Waals surface area contributed by atoms with Gasteiger partial charge in [-0.05, 0) is 37.5 Å². The number of imidazole rings is 1. The lowest BCUT2D eigenvalue weighted by molar-refractivity contribution is -0.140. The monoisotopic (exact) mass is 242 g/mol. The first-order chi connectivity index (χ1) is 8.63. The highest BCUT2D eigenvalue weighted by Crippen LogP contribution is 2.48. The largest absolute Gasteiger partial charge is 0.481 e. The smallest absolute Gasteiger partial charge is 0.314 e. The molecular weight excluding hydrogens is 228 g/mol. The quantitative estimate of drug-likeness (QED) is 0.898. The molecule has 0 unspecified atom stereocenters. The lowest BCUT2D eigenvalue weighted by Gasteiger charge is -2.12. The molecule has 1 aliphatic rings. The zero-order valence-corrected chi connectivity index (χ0v) is 10.1. The van der Waals surface area contributed by atoms with E-state index in [1.165, 1.54) is 0 Å². The van der Waals surface area contributed by atoms with Crippen LogP contribution in [0, 0.1) is 6.92 Å². The van der Waals surface area contributed by atoms with Gasteiger partial charge in [0.2, 0.25) is 0 Å². The Morgan fingerprint density at radius 2 is 2.22 bits per heavy atom. The minimum atomic E-state index is -0.720. The van der Waals surface area contributed by atoms with Gasteiger partial charge in [-0.2, -0.15) is 0 Å². The van der Waals surface area contributed by atoms with Crippen molar-refractivity contribution in [3.8, 4) is 5.69 Å². The number of nitrogens with zero attached hydrogens (tertiary/aromatic N) is 2. The van der Waals surface area contributed by atoms with Gasteiger partial charge < -0.3 is 9.67 Å². The number of aryl methyl sites for hydroxylation is 1. The minimum absolute atomic E-state index is 0.648. The van der Waals surface area contributed by atoms with E-state index in [1.807, 2.05) is 42.0 Å². The van der Waals surface area contributed by atoms with Crippen LogP contribution >= 0.6 is 0 Å². The van der Waals surface area contributed by atoms with Gasteiger partial charge in [-0.1, -0.05) is 12.1 Å². The molecule has 18 heavy (non-hydrogen) atoms. The van der Waals surface area contributed by atoms with Gasteiger partial charge in [0.1, 0.15) is 5.82 Å². The van der Waals surface area contributed by atoms with Gasteiger partial charge in [-0.15, -0.1) is 0 Å². The van der Waals surface area contributed by atoms with Crippen molar-refractivity contribution in [3.05, 3.63) is 48.0 Å². The first-order valence-electron chi connectivity index (χ1n) is 5.98. The van der Waals surface area contributed by atoms with Crippen LogP contribution in [0.2, 0.25) is 0 Å². The molecule has 4 heteroatoms. The average molecular weight is 242 g/mol. The van der Waals surface area contributed by atoms with Crippen LogP contribution in [-0.4, -0.2) is 20.6 Å². The van der Waals surface area contributed by atoms with Crippen LogP contribution in [0.5, 0.6) is 0 Å². The van der Waals surface area contributed by atoms with E-state index in [-0.39, 0.29) is 0 Å². The average Bonchev–Trinajstić information content (AvgIpc) is 3.07. The summed E-state index contributed by atoms with van der Waals surface area (Å²) in [5.41, 5.74) is 1.21. The van der Waals surface area contributed by atoms with E-state index in [0.717, 1.165) is 29.9 Å². The number of carbonyl (C=O) groups is 1. The molecule has 0 atom stereocenters. The summed E-state index contributed by atoms with van der Waals surface area (Å²) in [6.45, 7) is 1.93. The Bertz CT molecular complexity index is 612. The molecule has 1 aromatic heterocycles. The second kappa shape index (κ2) is 3.70. The molecule has 1 N–H and O–H groups in total. The molecule has 0 bridgehead atoms. The van der Waals surface area contributed by atoms with Crippen LogP contribution in [0.15, 0.2) is 36.7 Å². The summed E-state index contributed by atoms with van der Waals surface area (Å²) in [5, 5.41) is 9.31. The zero-order valence-electron chi connectivity index (χ0n) is 10.1. The van der Waals surface area contributed by atoms with Gasteiger partial charge in [0.05, 0.1) is 5.41 Å². The number of hydrogen-bond donors (Lipinski definition) is 1. The van der Waals surface area contributed by atoms with E-state index >= 15 is 0 Å². The summed E-state index contributed by atoms with van der Waals surface area (Å²) in [6.07, 6.45) is 5.09. The Kier molecular flexibility index (Phi) is 2.26. The second-order valence-corrected chi connectivity index (χ2v) is 4.78. The van der Waals surface area contributed by atoms with Crippen LogP contribution in [0.25, 0.3) is 5.69 Å². The number of hydrogen-bond acceptors (Lipinski definition) is 2. The third kappa shape index (κ3) is 1.53. The van der Waals surface area contributed by atoms with E-state index in [9.17, 15) is 9.90 Å². The normalized spacial score (nSPS) is 16.5. The Labute approximate surface area is 105 Å². The molecule has 3 rings (SSSR count). The van der Waals surface area contributed by atoms with Crippen LogP contribution in [0.1, 0.15) is 24.2 Å². The molecule has 0 saturated heterocycles. The second-order valence-electron chi connectivity index (χ2n) is 4.78. The highest BCUT2D eigenvalue weighted by atomic mass is 16.4. The van der Waals surface area contributed by atoms with E-state index in [1.54, 1.807) is 6.20 Å². The van der Waals surface area contributed by atoms with Crippen LogP contribution in [-0.2, 0) is 10.2 Å². The van der Waals surface area contributed by atoms with Crippen LogP contribution in [0.3, 0.4) is 0 Å². The summed E-state index contributed by atoms with van der Waals surface area (Å²) in [7, 11) is 0. The molecule has 0 radical (unpaired) electrons. The first kappa shape index (κ1) is 11.0. The summed E-state index contributed by atoms with van der Waals surface area (Å²) < 4.78 is 1.96. The number of carboxylic acids is 1. The van der Waals surface area contributed by atoms with E-state index < -0.39 is 11.4 Å². The summed E-state index contributed by atoms with van der Waals surface area (Å²) in [5.74, 6) is 0.175. The molecule has 1 aromatic carbocycles. The molecule has 0 aliphatic heterocycles. The Hall–Kier alpha value is -2.10. The highest BCUT2D eigenvalue weighted by Gasteiger charge is 2.51. The summed E-state index contributed by atoms with van der Waals surface area (Å²) >= 11 is 0. The molecule has 1 aliphatic carbocycles. The van der Waals surface area contributed by atoms with Crippen molar-refractivity contribution >= 4 is 5.97 Å². The SMILES string of the molecule is Cc1nccn1-c1cccc(C2(C(=O)O)CC2)c1. The van der Waals surface area contributed by atoms with Gasteiger partial charge in [-0.25, -0.2) is 4.98 Å². The standard InChI is InChI=1S/C14H14N2O2/c1-10-15-7-8-16(10)12-4-2-3-11(9-12)14(5-6-14)13(17)18/h2-4,7-9H,5-6H2,1H3,(H,17,18). The van der Waals surface area contributed by atoms with Gasteiger partial charge in [0.15, 0.2) is 0 Å². The fraction of sp³-hybridized carbons (Fsp3) is 0.286. The number of rotatable bonds is 3. The van der Waals surface area contributed by atoms with Crippen molar-refractivity contribution in [3.63, 3.8) is 0 Å². The van der Waals surface area contributed by atoms with Gasteiger partial charge in [-0.3, -0.25) is 4.79 Å². The summed E-state index contributed by atoms with van der Waals surface area (Å²) in [6, 6.07) is 7.73. The molecule has 1 fully saturated rings. The Morgan fingerprint density at radius 1 is 1.44 bits per heavy atom. The number of benzene rings is 1. The zero-order chi connectivity index (χ0) is 12.8. The van der Waals surface area contributed by atoms with Crippen molar-refractivity contribution in [1.29, 1.82) is 0 Å². The molecule has 4 nitrogen and oxygen atoms in total. The van der Waals surface area contributed by atoms with Gasteiger partial charge in [0.25, 0.3) is 0 Å². The third-order valence-electron chi connectivity index (χ3n) is 3.66. The Morgan fingerprint density at radius 3 is 2.78 bits per heavy atom. The fourth-order valence-electron chi connectivity index (χ4n) is 2.36. The molecule has 1 saturated carbocycles. The fourth-order valence-corrected chi connectivity index (χ4v) is 2.36. The molecule has 1 heterocycles. The Balaban J connectivity index is 2.06. The maximum atomic E-state index is 11.3. The van der Waals surface area contributed by atoms with Crippen molar-refractivity contribution < 1.29 is 9.90 Å². The molecular formula is C14H14N2O2. The van der Waals surface area contributed by atoms with Crippen molar-refractivity contribution in [2.24, 2.45) is 0 Å². The molecule has 0 amide bonds. The van der Waals surface area contributed by atoms with Crippen LogP contribution in [0.4, 0.5) is 0 Å². The molecule has 0 spiro atoms. The maximum absolute atomic E-state index is 11.3. The number of aromatic nitrogens is 2. The minimum Gasteiger partial charge on any atom is -0.481 e. The number of carboxylic acid groups (broad SMARTS) is 1. The highest BCUT2D eigenvalue weighted by molar-refractivity contribution is 5.85. The van der Waals surface area contributed by atoms with Gasteiger partial charge >= 0.3 is 5.97 Å². The van der Waals surface area contributed by atoms with E-state index in [0.29, 0.717) is 0 Å². The van der Waals surface area contributed by atoms with Crippen molar-refractivity contribution in [2.75, 3.05) is 0 Å². The molecule has 2 aromatic rings. The third-order valence-corrected chi connectivity index (χ3v) is 3.66. The first-order valence-corrected chi connectivity index (χ1v) is 5.98. The van der Waals surface area contributed by atoms with Crippen molar-refractivity contribution in [1.82, 2.24) is 9.55 Å². The maximum Gasteiger partial charge on any atom is 0.314 e. The van der Waals surface area contributed by atoms with Crippen molar-refractivity contribution in [2.45, 2.75) is 25.2 Å². The van der Waals surface area contributed by atoms with Gasteiger partial charge in [0, 0.05) is 18.1 Å². The predicted molar refractivity (Wildman–Crippen MR) is 66.8 cm³/mol.